The Morgan fingerprint density at radius 3 is 2.03 bits per heavy atom. The van der Waals surface area contributed by atoms with Crippen molar-refractivity contribution in [1.82, 2.24) is 9.97 Å². The lowest BCUT2D eigenvalue weighted by Crippen LogP contribution is -2.26. The van der Waals surface area contributed by atoms with Crippen molar-refractivity contribution >= 4 is 39.8 Å². The van der Waals surface area contributed by atoms with Gasteiger partial charge in [0.1, 0.15) is 17.0 Å². The highest BCUT2D eigenvalue weighted by Crippen LogP contribution is 2.26. The van der Waals surface area contributed by atoms with E-state index in [1.54, 1.807) is 36.4 Å². The van der Waals surface area contributed by atoms with Gasteiger partial charge in [0.2, 0.25) is 0 Å². The first-order chi connectivity index (χ1) is 15.0. The monoisotopic (exact) mass is 422 g/mol. The molecule has 3 rings (SSSR count). The molecule has 0 saturated heterocycles. The number of Topliss-reactive ketones (excluding diaryl/α,β-unsaturated/α-hetero) is 1. The maximum absolute atomic E-state index is 13.3. The molecule has 0 aliphatic heterocycles. The van der Waals surface area contributed by atoms with Crippen molar-refractivity contribution < 1.29 is 23.9 Å². The number of rotatable bonds is 9. The fourth-order valence-electron chi connectivity index (χ4n) is 3.65. The summed E-state index contributed by atoms with van der Waals surface area (Å²) in [6, 6.07) is 10.1. The number of nitrogens with zero attached hydrogens (tertiary/aromatic N) is 2. The first-order valence-electron chi connectivity index (χ1n) is 10.4. The SMILES string of the molecule is CCCCCCC(C(=O)OC)C(=O)c1cccc2nc3c(C(=O)OC)cccc3nc12. The van der Waals surface area contributed by atoms with Gasteiger partial charge >= 0.3 is 11.9 Å². The lowest BCUT2D eigenvalue weighted by molar-refractivity contribution is -0.143. The number of fused-ring (bicyclic) bond motifs is 2. The van der Waals surface area contributed by atoms with Gasteiger partial charge in [0.05, 0.1) is 30.8 Å². The summed E-state index contributed by atoms with van der Waals surface area (Å²) in [6.45, 7) is 2.10. The standard InChI is InChI=1S/C24H26N2O5/c1-4-5-6-7-10-17(24(29)31-3)22(27)15-11-8-13-18-20(15)25-19-14-9-12-16(21(19)26-18)23(28)30-2/h8-9,11-14,17H,4-7,10H2,1-3H3. The van der Waals surface area contributed by atoms with Crippen molar-refractivity contribution in [2.24, 2.45) is 5.92 Å². The fraction of sp³-hybridized carbons (Fsp3) is 0.375. The molecule has 2 aromatic carbocycles. The predicted octanol–water partition coefficient (Wildman–Crippen LogP) is 4.51. The number of esters is 2. The van der Waals surface area contributed by atoms with Crippen LogP contribution in [0.2, 0.25) is 0 Å². The average Bonchev–Trinajstić information content (AvgIpc) is 2.80. The molecule has 0 N–H and O–H groups in total. The van der Waals surface area contributed by atoms with Crippen LogP contribution in [0, 0.1) is 5.92 Å². The molecule has 0 saturated carbocycles. The van der Waals surface area contributed by atoms with E-state index in [1.165, 1.54) is 14.2 Å². The summed E-state index contributed by atoms with van der Waals surface area (Å²) in [5.74, 6) is -2.26. The zero-order chi connectivity index (χ0) is 22.4. The largest absolute Gasteiger partial charge is 0.468 e. The molecule has 7 heteroatoms. The minimum Gasteiger partial charge on any atom is -0.468 e. The van der Waals surface area contributed by atoms with Crippen LogP contribution in [0.3, 0.4) is 0 Å². The van der Waals surface area contributed by atoms with E-state index in [2.05, 4.69) is 16.9 Å². The van der Waals surface area contributed by atoms with Gasteiger partial charge < -0.3 is 9.47 Å². The van der Waals surface area contributed by atoms with Crippen molar-refractivity contribution in [2.75, 3.05) is 14.2 Å². The highest BCUT2D eigenvalue weighted by atomic mass is 16.5. The van der Waals surface area contributed by atoms with Crippen molar-refractivity contribution in [1.29, 1.82) is 0 Å². The number of unbranched alkanes of at least 4 members (excludes halogenated alkanes) is 3. The van der Waals surface area contributed by atoms with Crippen molar-refractivity contribution in [2.45, 2.75) is 39.0 Å². The Morgan fingerprint density at radius 1 is 0.839 bits per heavy atom. The Bertz CT molecular complexity index is 1130. The predicted molar refractivity (Wildman–Crippen MR) is 117 cm³/mol. The summed E-state index contributed by atoms with van der Waals surface area (Å²) in [7, 11) is 2.60. The second-order valence-electron chi connectivity index (χ2n) is 7.35. The highest BCUT2D eigenvalue weighted by molar-refractivity contribution is 6.15. The van der Waals surface area contributed by atoms with Gasteiger partial charge in [-0.25, -0.2) is 14.8 Å². The molecule has 1 heterocycles. The molecule has 162 valence electrons. The van der Waals surface area contributed by atoms with Gasteiger partial charge in [-0.15, -0.1) is 0 Å². The molecular formula is C24H26N2O5. The van der Waals surface area contributed by atoms with Gasteiger partial charge in [-0.1, -0.05) is 44.7 Å². The molecule has 0 radical (unpaired) electrons. The third kappa shape index (κ3) is 4.71. The molecule has 0 aliphatic rings. The van der Waals surface area contributed by atoms with Gasteiger partial charge in [0, 0.05) is 5.56 Å². The molecule has 1 atom stereocenters. The first kappa shape index (κ1) is 22.3. The zero-order valence-electron chi connectivity index (χ0n) is 18.0. The number of aromatic nitrogens is 2. The normalized spacial score (nSPS) is 12.0. The van der Waals surface area contributed by atoms with Crippen molar-refractivity contribution in [3.05, 3.63) is 47.5 Å². The van der Waals surface area contributed by atoms with Crippen LogP contribution in [-0.2, 0) is 14.3 Å². The molecule has 0 spiro atoms. The molecule has 0 amide bonds. The number of hydrogen-bond donors (Lipinski definition) is 0. The molecule has 1 unspecified atom stereocenters. The summed E-state index contributed by atoms with van der Waals surface area (Å²) >= 11 is 0. The molecule has 1 aromatic heterocycles. The average molecular weight is 422 g/mol. The molecule has 0 fully saturated rings. The Hall–Kier alpha value is -3.35. The van der Waals surface area contributed by atoms with E-state index in [-0.39, 0.29) is 5.78 Å². The minimum absolute atomic E-state index is 0.300. The maximum Gasteiger partial charge on any atom is 0.340 e. The number of carbonyl (C=O) groups excluding carboxylic acids is 3. The topological polar surface area (TPSA) is 95.5 Å². The van der Waals surface area contributed by atoms with Gasteiger partial charge in [-0.2, -0.15) is 0 Å². The quantitative estimate of drug-likeness (QED) is 0.165. The number of methoxy groups -OCH3 is 2. The third-order valence-corrected chi connectivity index (χ3v) is 5.31. The van der Waals surface area contributed by atoms with Crippen LogP contribution in [0.1, 0.15) is 59.7 Å². The lowest BCUT2D eigenvalue weighted by Gasteiger charge is -2.15. The van der Waals surface area contributed by atoms with Gasteiger partial charge in [-0.3, -0.25) is 9.59 Å². The number of hydrogen-bond acceptors (Lipinski definition) is 7. The van der Waals surface area contributed by atoms with Crippen LogP contribution in [0.4, 0.5) is 0 Å². The Balaban J connectivity index is 2.06. The lowest BCUT2D eigenvalue weighted by atomic mass is 9.91. The van der Waals surface area contributed by atoms with E-state index < -0.39 is 17.9 Å². The summed E-state index contributed by atoms with van der Waals surface area (Å²) in [5.41, 5.74) is 2.34. The summed E-state index contributed by atoms with van der Waals surface area (Å²) < 4.78 is 9.73. The van der Waals surface area contributed by atoms with E-state index in [0.29, 0.717) is 39.6 Å². The van der Waals surface area contributed by atoms with E-state index in [4.69, 9.17) is 9.47 Å². The fourth-order valence-corrected chi connectivity index (χ4v) is 3.65. The number of ketones is 1. The van der Waals surface area contributed by atoms with Crippen molar-refractivity contribution in [3.8, 4) is 0 Å². The Morgan fingerprint density at radius 2 is 1.45 bits per heavy atom. The van der Waals surface area contributed by atoms with Crippen LogP contribution in [0.5, 0.6) is 0 Å². The van der Waals surface area contributed by atoms with E-state index in [9.17, 15) is 14.4 Å². The number of ether oxygens (including phenoxy) is 2. The third-order valence-electron chi connectivity index (χ3n) is 5.31. The Kier molecular flexibility index (Phi) is 7.28. The molecule has 31 heavy (non-hydrogen) atoms. The van der Waals surface area contributed by atoms with E-state index >= 15 is 0 Å². The van der Waals surface area contributed by atoms with Crippen LogP contribution >= 0.6 is 0 Å². The van der Waals surface area contributed by atoms with Crippen LogP contribution in [0.15, 0.2) is 36.4 Å². The number of benzene rings is 2. The molecule has 7 nitrogen and oxygen atoms in total. The zero-order valence-corrected chi connectivity index (χ0v) is 18.0. The van der Waals surface area contributed by atoms with Crippen molar-refractivity contribution in [3.63, 3.8) is 0 Å². The minimum atomic E-state index is -0.883. The second-order valence-corrected chi connectivity index (χ2v) is 7.35. The summed E-state index contributed by atoms with van der Waals surface area (Å²) in [6.07, 6.45) is 4.26. The highest BCUT2D eigenvalue weighted by Gasteiger charge is 2.30. The molecular weight excluding hydrogens is 396 g/mol. The maximum atomic E-state index is 13.3. The molecule has 0 bridgehead atoms. The van der Waals surface area contributed by atoms with Gasteiger partial charge in [0.25, 0.3) is 0 Å². The Labute approximate surface area is 180 Å². The van der Waals surface area contributed by atoms with Gasteiger partial charge in [0.15, 0.2) is 5.78 Å². The van der Waals surface area contributed by atoms with Gasteiger partial charge in [-0.05, 0) is 30.7 Å². The second kappa shape index (κ2) is 10.1. The molecule has 3 aromatic rings. The smallest absolute Gasteiger partial charge is 0.340 e. The van der Waals surface area contributed by atoms with Crippen LogP contribution in [0.25, 0.3) is 22.1 Å². The molecule has 0 aliphatic carbocycles. The first-order valence-corrected chi connectivity index (χ1v) is 10.4. The number of carbonyl (C=O) groups is 3. The number of para-hydroxylation sites is 2. The summed E-state index contributed by atoms with van der Waals surface area (Å²) in [4.78, 5) is 47.0. The van der Waals surface area contributed by atoms with E-state index in [1.807, 2.05) is 0 Å². The van der Waals surface area contributed by atoms with E-state index in [0.717, 1.165) is 25.7 Å². The summed E-state index contributed by atoms with van der Waals surface area (Å²) in [5, 5.41) is 0. The van der Waals surface area contributed by atoms with Crippen LogP contribution in [-0.4, -0.2) is 41.9 Å². The van der Waals surface area contributed by atoms with Crippen LogP contribution < -0.4 is 0 Å².